The van der Waals surface area contributed by atoms with Gasteiger partial charge in [-0.15, -0.1) is 0 Å². The molecule has 0 saturated heterocycles. The van der Waals surface area contributed by atoms with Crippen LogP contribution in [0.2, 0.25) is 0 Å². The second kappa shape index (κ2) is 4.63. The van der Waals surface area contributed by atoms with E-state index in [1.807, 2.05) is 0 Å². The third-order valence-electron chi connectivity index (χ3n) is 3.95. The van der Waals surface area contributed by atoms with Crippen LogP contribution in [0, 0.1) is 23.2 Å². The SMILES string of the molecule is CC(C)[C@H]1CC[C@@H](C)CC1(CO)CO. The largest absolute Gasteiger partial charge is 0.396 e. The van der Waals surface area contributed by atoms with E-state index in [1.54, 1.807) is 0 Å². The van der Waals surface area contributed by atoms with Crippen molar-refractivity contribution >= 4 is 0 Å². The molecule has 1 aliphatic rings. The lowest BCUT2D eigenvalue weighted by atomic mass is 9.60. The van der Waals surface area contributed by atoms with Crippen LogP contribution in [-0.2, 0) is 0 Å². The summed E-state index contributed by atoms with van der Waals surface area (Å²) in [6, 6.07) is 0. The minimum Gasteiger partial charge on any atom is -0.396 e. The van der Waals surface area contributed by atoms with Gasteiger partial charge < -0.3 is 10.2 Å². The van der Waals surface area contributed by atoms with Crippen molar-refractivity contribution in [2.45, 2.75) is 40.0 Å². The van der Waals surface area contributed by atoms with Crippen molar-refractivity contribution in [1.82, 2.24) is 0 Å². The van der Waals surface area contributed by atoms with Crippen LogP contribution in [0.15, 0.2) is 0 Å². The van der Waals surface area contributed by atoms with Crippen LogP contribution in [0.1, 0.15) is 40.0 Å². The molecule has 0 bridgehead atoms. The second-order valence-electron chi connectivity index (χ2n) is 5.42. The Kier molecular flexibility index (Phi) is 3.96. The van der Waals surface area contributed by atoms with E-state index < -0.39 is 0 Å². The van der Waals surface area contributed by atoms with Crippen LogP contribution in [0.3, 0.4) is 0 Å². The quantitative estimate of drug-likeness (QED) is 0.732. The van der Waals surface area contributed by atoms with Crippen molar-refractivity contribution in [3.05, 3.63) is 0 Å². The summed E-state index contributed by atoms with van der Waals surface area (Å²) in [5.41, 5.74) is -0.216. The molecule has 2 N–H and O–H groups in total. The highest BCUT2D eigenvalue weighted by Crippen LogP contribution is 2.46. The first-order chi connectivity index (χ1) is 6.55. The van der Waals surface area contributed by atoms with Crippen molar-refractivity contribution in [1.29, 1.82) is 0 Å². The summed E-state index contributed by atoms with van der Waals surface area (Å²) in [5.74, 6) is 1.68. The van der Waals surface area contributed by atoms with E-state index in [4.69, 9.17) is 0 Å². The Hall–Kier alpha value is -0.0800. The van der Waals surface area contributed by atoms with E-state index in [0.717, 1.165) is 12.8 Å². The molecule has 0 unspecified atom stereocenters. The maximum atomic E-state index is 9.52. The molecule has 84 valence electrons. The Bertz CT molecular complexity index is 173. The molecule has 0 aromatic carbocycles. The molecule has 0 aromatic rings. The van der Waals surface area contributed by atoms with Crippen LogP contribution in [0.5, 0.6) is 0 Å². The minimum absolute atomic E-state index is 0.136. The first-order valence-electron chi connectivity index (χ1n) is 5.77. The number of aliphatic hydroxyl groups excluding tert-OH is 2. The molecule has 0 heterocycles. The van der Waals surface area contributed by atoms with E-state index in [9.17, 15) is 10.2 Å². The van der Waals surface area contributed by atoms with Crippen LogP contribution in [-0.4, -0.2) is 23.4 Å². The molecule has 0 aliphatic heterocycles. The molecule has 0 aromatic heterocycles. The number of hydrogen-bond acceptors (Lipinski definition) is 2. The minimum atomic E-state index is -0.216. The van der Waals surface area contributed by atoms with Gasteiger partial charge in [0, 0.05) is 5.41 Å². The molecule has 1 rings (SSSR count). The molecular formula is C12H24O2. The van der Waals surface area contributed by atoms with Gasteiger partial charge in [0.1, 0.15) is 0 Å². The van der Waals surface area contributed by atoms with Crippen LogP contribution < -0.4 is 0 Å². The van der Waals surface area contributed by atoms with Gasteiger partial charge in [-0.2, -0.15) is 0 Å². The average molecular weight is 200 g/mol. The molecule has 14 heavy (non-hydrogen) atoms. The summed E-state index contributed by atoms with van der Waals surface area (Å²) in [4.78, 5) is 0. The Morgan fingerprint density at radius 1 is 1.21 bits per heavy atom. The summed E-state index contributed by atoms with van der Waals surface area (Å²) < 4.78 is 0. The van der Waals surface area contributed by atoms with E-state index in [2.05, 4.69) is 20.8 Å². The number of aliphatic hydroxyl groups is 2. The number of rotatable bonds is 3. The van der Waals surface area contributed by atoms with Crippen molar-refractivity contribution in [3.63, 3.8) is 0 Å². The van der Waals surface area contributed by atoms with Gasteiger partial charge in [-0.3, -0.25) is 0 Å². The Morgan fingerprint density at radius 3 is 2.21 bits per heavy atom. The zero-order valence-electron chi connectivity index (χ0n) is 9.66. The summed E-state index contributed by atoms with van der Waals surface area (Å²) in [6.45, 7) is 6.88. The molecule has 1 fully saturated rings. The van der Waals surface area contributed by atoms with Gasteiger partial charge in [-0.05, 0) is 30.6 Å². The van der Waals surface area contributed by atoms with Gasteiger partial charge in [-0.1, -0.05) is 27.2 Å². The highest BCUT2D eigenvalue weighted by atomic mass is 16.3. The molecule has 2 nitrogen and oxygen atoms in total. The van der Waals surface area contributed by atoms with E-state index >= 15 is 0 Å². The normalized spacial score (nSPS) is 32.1. The Balaban J connectivity index is 2.81. The van der Waals surface area contributed by atoms with Gasteiger partial charge in [0.15, 0.2) is 0 Å². The maximum absolute atomic E-state index is 9.52. The maximum Gasteiger partial charge on any atom is 0.0512 e. The highest BCUT2D eigenvalue weighted by Gasteiger charge is 2.43. The second-order valence-corrected chi connectivity index (χ2v) is 5.42. The summed E-state index contributed by atoms with van der Waals surface area (Å²) >= 11 is 0. The van der Waals surface area contributed by atoms with E-state index in [0.29, 0.717) is 17.8 Å². The highest BCUT2D eigenvalue weighted by molar-refractivity contribution is 4.92. The van der Waals surface area contributed by atoms with Gasteiger partial charge in [0.2, 0.25) is 0 Å². The van der Waals surface area contributed by atoms with Gasteiger partial charge in [0.05, 0.1) is 13.2 Å². The summed E-state index contributed by atoms with van der Waals surface area (Å²) in [5, 5.41) is 19.0. The summed E-state index contributed by atoms with van der Waals surface area (Å²) in [6.07, 6.45) is 3.37. The zero-order valence-corrected chi connectivity index (χ0v) is 9.66. The van der Waals surface area contributed by atoms with Gasteiger partial charge >= 0.3 is 0 Å². The fraction of sp³-hybridized carbons (Fsp3) is 1.00. The molecule has 0 radical (unpaired) electrons. The van der Waals surface area contributed by atoms with Crippen LogP contribution in [0.25, 0.3) is 0 Å². The predicted octanol–water partition coefficient (Wildman–Crippen LogP) is 2.05. The third-order valence-corrected chi connectivity index (χ3v) is 3.95. The van der Waals surface area contributed by atoms with E-state index in [-0.39, 0.29) is 18.6 Å². The number of hydrogen-bond donors (Lipinski definition) is 2. The Morgan fingerprint density at radius 2 is 1.79 bits per heavy atom. The fourth-order valence-electron chi connectivity index (χ4n) is 3.17. The smallest absolute Gasteiger partial charge is 0.0512 e. The Labute approximate surface area is 87.3 Å². The molecule has 1 saturated carbocycles. The lowest BCUT2D eigenvalue weighted by molar-refractivity contribution is -0.0568. The van der Waals surface area contributed by atoms with Crippen molar-refractivity contribution in [3.8, 4) is 0 Å². The van der Waals surface area contributed by atoms with Gasteiger partial charge in [-0.25, -0.2) is 0 Å². The zero-order chi connectivity index (χ0) is 10.8. The lowest BCUT2D eigenvalue weighted by Gasteiger charge is -2.46. The fourth-order valence-corrected chi connectivity index (χ4v) is 3.17. The predicted molar refractivity (Wildman–Crippen MR) is 57.9 cm³/mol. The van der Waals surface area contributed by atoms with Crippen LogP contribution >= 0.6 is 0 Å². The molecule has 0 amide bonds. The monoisotopic (exact) mass is 200 g/mol. The molecule has 2 heteroatoms. The standard InChI is InChI=1S/C12H24O2/c1-9(2)11-5-4-10(3)6-12(11,7-13)8-14/h9-11,13-14H,4-8H2,1-3H3/t10-,11-/m1/s1. The third kappa shape index (κ3) is 2.12. The molecule has 0 spiro atoms. The van der Waals surface area contributed by atoms with Crippen molar-refractivity contribution in [2.24, 2.45) is 23.2 Å². The van der Waals surface area contributed by atoms with Crippen molar-refractivity contribution in [2.75, 3.05) is 13.2 Å². The molecule has 1 aliphatic carbocycles. The van der Waals surface area contributed by atoms with Crippen molar-refractivity contribution < 1.29 is 10.2 Å². The summed E-state index contributed by atoms with van der Waals surface area (Å²) in [7, 11) is 0. The van der Waals surface area contributed by atoms with E-state index in [1.165, 1.54) is 6.42 Å². The molecule has 2 atom stereocenters. The first-order valence-corrected chi connectivity index (χ1v) is 5.77. The first kappa shape index (κ1) is 12.0. The molecular weight excluding hydrogens is 176 g/mol. The van der Waals surface area contributed by atoms with Crippen LogP contribution in [0.4, 0.5) is 0 Å². The lowest BCUT2D eigenvalue weighted by Crippen LogP contribution is -2.44. The average Bonchev–Trinajstić information content (AvgIpc) is 2.16. The topological polar surface area (TPSA) is 40.5 Å². The van der Waals surface area contributed by atoms with Gasteiger partial charge in [0.25, 0.3) is 0 Å².